The summed E-state index contributed by atoms with van der Waals surface area (Å²) in [6.45, 7) is 5.76. The number of hydrogen-bond acceptors (Lipinski definition) is 8. The number of anilines is 1. The van der Waals surface area contributed by atoms with E-state index in [0.717, 1.165) is 37.5 Å². The second kappa shape index (κ2) is 13.3. The number of methoxy groups -OCH3 is 1. The minimum absolute atomic E-state index is 0.257. The van der Waals surface area contributed by atoms with Gasteiger partial charge in [-0.05, 0) is 43.4 Å². The smallest absolute Gasteiger partial charge is 0.292 e. The molecular formula is C27H32Cl2N4O5. The molecule has 2 aliphatic heterocycles. The van der Waals surface area contributed by atoms with Gasteiger partial charge in [-0.2, -0.15) is 0 Å². The first-order chi connectivity index (χ1) is 18.4. The van der Waals surface area contributed by atoms with Crippen LogP contribution in [0, 0.1) is 0 Å². The Labute approximate surface area is 232 Å². The number of imidazole rings is 1. The molecule has 0 saturated carbocycles. The summed E-state index contributed by atoms with van der Waals surface area (Å²) in [5, 5.41) is 1.05. The normalized spacial score (nSPS) is 21.5. The Morgan fingerprint density at radius 2 is 1.87 bits per heavy atom. The molecule has 0 N–H and O–H groups in total. The summed E-state index contributed by atoms with van der Waals surface area (Å²) in [7, 11) is 3.47. The number of likely N-dealkylation sites (N-methyl/N-ethyl adjacent to an activating group) is 1. The summed E-state index contributed by atoms with van der Waals surface area (Å²) in [6.07, 6.45) is 5.06. The van der Waals surface area contributed by atoms with E-state index in [0.29, 0.717) is 36.3 Å². The van der Waals surface area contributed by atoms with Crippen molar-refractivity contribution in [3.8, 4) is 5.75 Å². The Bertz CT molecular complexity index is 1160. The summed E-state index contributed by atoms with van der Waals surface area (Å²) in [5.74, 6) is -0.250. The van der Waals surface area contributed by atoms with Crippen LogP contribution in [0.25, 0.3) is 0 Å². The number of halogens is 2. The molecule has 38 heavy (non-hydrogen) atoms. The van der Waals surface area contributed by atoms with E-state index in [1.165, 1.54) is 12.8 Å². The topological polar surface area (TPSA) is 78.3 Å². The molecule has 3 heterocycles. The Morgan fingerprint density at radius 1 is 1.13 bits per heavy atom. The zero-order valence-corrected chi connectivity index (χ0v) is 23.0. The third-order valence-electron chi connectivity index (χ3n) is 6.39. The van der Waals surface area contributed by atoms with Gasteiger partial charge in [0.15, 0.2) is 0 Å². The maximum atomic E-state index is 8.95. The zero-order valence-electron chi connectivity index (χ0n) is 21.5. The highest BCUT2D eigenvalue weighted by Crippen LogP contribution is 2.40. The number of hydrogen-bond donors (Lipinski definition) is 0. The Balaban J connectivity index is 0.000000786. The molecule has 11 heteroatoms. The predicted molar refractivity (Wildman–Crippen MR) is 146 cm³/mol. The molecule has 1 aromatic heterocycles. The Kier molecular flexibility index (Phi) is 9.87. The SMILES string of the molecule is CN1CCN(c2ccc(OCC3CO[C@@](Cn4ccnc4)(c4ccc(Cl)cc4Cl)O3)cc2)CC1.COC=O. The van der Waals surface area contributed by atoms with Gasteiger partial charge in [-0.1, -0.05) is 29.3 Å². The molecule has 2 saturated heterocycles. The fraction of sp³-hybridized carbons (Fsp3) is 0.407. The summed E-state index contributed by atoms with van der Waals surface area (Å²) < 4.78 is 24.5. The maximum Gasteiger partial charge on any atom is 0.292 e. The number of benzene rings is 2. The van der Waals surface area contributed by atoms with Crippen LogP contribution in [0.15, 0.2) is 61.2 Å². The molecule has 2 atom stereocenters. The van der Waals surface area contributed by atoms with Crippen molar-refractivity contribution < 1.29 is 23.7 Å². The number of aromatic nitrogens is 2. The lowest BCUT2D eigenvalue weighted by Crippen LogP contribution is -2.44. The number of piperazine rings is 1. The molecule has 0 bridgehead atoms. The van der Waals surface area contributed by atoms with E-state index in [-0.39, 0.29) is 6.10 Å². The van der Waals surface area contributed by atoms with Crippen LogP contribution in [-0.4, -0.2) is 80.6 Å². The summed E-state index contributed by atoms with van der Waals surface area (Å²) >= 11 is 12.7. The van der Waals surface area contributed by atoms with Crippen LogP contribution < -0.4 is 9.64 Å². The van der Waals surface area contributed by atoms with Crippen molar-refractivity contribution in [1.82, 2.24) is 14.5 Å². The standard InChI is InChI=1S/C25H28Cl2N4O3.C2H4O2/c1-29-10-12-31(13-11-29)20-3-5-21(6-4-20)32-15-22-16-33-25(34-22,17-30-9-8-28-18-30)23-7-2-19(26)14-24(23)27;1-4-2-3/h2-9,14,18,22H,10-13,15-17H2,1H3;2H,1H3/t22?,25-;/m1./s1. The lowest BCUT2D eigenvalue weighted by Gasteiger charge is -2.34. The molecule has 5 rings (SSSR count). The van der Waals surface area contributed by atoms with Crippen molar-refractivity contribution in [3.63, 3.8) is 0 Å². The summed E-state index contributed by atoms with van der Waals surface area (Å²) in [6, 6.07) is 13.6. The van der Waals surface area contributed by atoms with Gasteiger partial charge in [0, 0.05) is 54.8 Å². The van der Waals surface area contributed by atoms with Gasteiger partial charge in [0.1, 0.15) is 18.5 Å². The van der Waals surface area contributed by atoms with Crippen molar-refractivity contribution in [2.45, 2.75) is 18.4 Å². The molecule has 0 radical (unpaired) electrons. The fourth-order valence-electron chi connectivity index (χ4n) is 4.38. The number of carbonyl (C=O) groups is 1. The number of ether oxygens (including phenoxy) is 4. The van der Waals surface area contributed by atoms with Gasteiger partial charge >= 0.3 is 0 Å². The molecule has 3 aromatic rings. The van der Waals surface area contributed by atoms with Crippen molar-refractivity contribution in [1.29, 1.82) is 0 Å². The third kappa shape index (κ3) is 7.18. The molecule has 2 fully saturated rings. The number of carbonyl (C=O) groups excluding carboxylic acids is 1. The van der Waals surface area contributed by atoms with Gasteiger partial charge in [-0.3, -0.25) is 4.79 Å². The average Bonchev–Trinajstić information content (AvgIpc) is 3.59. The first-order valence-electron chi connectivity index (χ1n) is 12.3. The largest absolute Gasteiger partial charge is 0.491 e. The van der Waals surface area contributed by atoms with Crippen LogP contribution in [-0.2, 0) is 31.3 Å². The van der Waals surface area contributed by atoms with E-state index in [1.807, 2.05) is 29.0 Å². The molecule has 1 unspecified atom stereocenters. The Morgan fingerprint density at radius 3 is 2.50 bits per heavy atom. The predicted octanol–water partition coefficient (Wildman–Crippen LogP) is 4.08. The van der Waals surface area contributed by atoms with Gasteiger partial charge < -0.3 is 33.3 Å². The minimum atomic E-state index is -1.05. The molecule has 0 amide bonds. The van der Waals surface area contributed by atoms with E-state index < -0.39 is 5.79 Å². The van der Waals surface area contributed by atoms with E-state index in [1.54, 1.807) is 24.7 Å². The number of rotatable bonds is 8. The first-order valence-corrected chi connectivity index (χ1v) is 13.0. The highest BCUT2D eigenvalue weighted by Gasteiger charge is 2.45. The second-order valence-electron chi connectivity index (χ2n) is 9.09. The van der Waals surface area contributed by atoms with Gasteiger partial charge in [0.2, 0.25) is 5.79 Å². The highest BCUT2D eigenvalue weighted by atomic mass is 35.5. The van der Waals surface area contributed by atoms with Crippen molar-refractivity contribution in [2.24, 2.45) is 0 Å². The van der Waals surface area contributed by atoms with Crippen LogP contribution in [0.3, 0.4) is 0 Å². The lowest BCUT2D eigenvalue weighted by molar-refractivity contribution is -0.189. The van der Waals surface area contributed by atoms with Crippen LogP contribution in [0.1, 0.15) is 5.56 Å². The molecule has 9 nitrogen and oxygen atoms in total. The van der Waals surface area contributed by atoms with Gasteiger partial charge in [0.25, 0.3) is 6.47 Å². The van der Waals surface area contributed by atoms with E-state index in [9.17, 15) is 0 Å². The summed E-state index contributed by atoms with van der Waals surface area (Å²) in [4.78, 5) is 17.8. The molecule has 2 aromatic carbocycles. The zero-order chi connectivity index (χ0) is 27.0. The van der Waals surface area contributed by atoms with Crippen LogP contribution in [0.2, 0.25) is 10.0 Å². The van der Waals surface area contributed by atoms with Gasteiger partial charge in [-0.15, -0.1) is 0 Å². The maximum absolute atomic E-state index is 8.95. The van der Waals surface area contributed by atoms with Crippen molar-refractivity contribution in [2.75, 3.05) is 58.5 Å². The quantitative estimate of drug-likeness (QED) is 0.380. The average molecular weight is 563 g/mol. The Hall–Kier alpha value is -2.82. The first kappa shape index (κ1) is 28.2. The molecule has 2 aliphatic rings. The van der Waals surface area contributed by atoms with Gasteiger partial charge in [0.05, 0.1) is 31.6 Å². The fourth-order valence-corrected chi connectivity index (χ4v) is 4.93. The van der Waals surface area contributed by atoms with Crippen LogP contribution in [0.4, 0.5) is 5.69 Å². The number of nitrogens with zero attached hydrogens (tertiary/aromatic N) is 4. The minimum Gasteiger partial charge on any atom is -0.491 e. The van der Waals surface area contributed by atoms with E-state index in [4.69, 9.17) is 42.2 Å². The van der Waals surface area contributed by atoms with Gasteiger partial charge in [-0.25, -0.2) is 4.98 Å². The van der Waals surface area contributed by atoms with Crippen molar-refractivity contribution >= 4 is 35.4 Å². The molecular weight excluding hydrogens is 531 g/mol. The van der Waals surface area contributed by atoms with E-state index >= 15 is 0 Å². The molecule has 204 valence electrons. The molecule has 0 aliphatic carbocycles. The highest BCUT2D eigenvalue weighted by molar-refractivity contribution is 6.35. The van der Waals surface area contributed by atoms with Crippen molar-refractivity contribution in [3.05, 3.63) is 76.8 Å². The van der Waals surface area contributed by atoms with E-state index in [2.05, 4.69) is 38.7 Å². The molecule has 0 spiro atoms. The van der Waals surface area contributed by atoms with Crippen LogP contribution in [0.5, 0.6) is 5.75 Å². The monoisotopic (exact) mass is 562 g/mol. The summed E-state index contributed by atoms with van der Waals surface area (Å²) in [5.41, 5.74) is 1.95. The van der Waals surface area contributed by atoms with Crippen LogP contribution >= 0.6 is 23.2 Å². The second-order valence-corrected chi connectivity index (χ2v) is 9.93. The third-order valence-corrected chi connectivity index (χ3v) is 6.94. The lowest BCUT2D eigenvalue weighted by atomic mass is 10.1.